The van der Waals surface area contributed by atoms with Crippen LogP contribution in [0.4, 0.5) is 4.79 Å². The summed E-state index contributed by atoms with van der Waals surface area (Å²) in [6.07, 6.45) is -1.02. The molecule has 0 radical (unpaired) electrons. The Balaban J connectivity index is 1.29. The molecule has 2 saturated heterocycles. The second-order valence-corrected chi connectivity index (χ2v) is 15.9. The fourth-order valence-electron chi connectivity index (χ4n) is 6.81. The van der Waals surface area contributed by atoms with E-state index in [1.165, 1.54) is 4.90 Å². The predicted molar refractivity (Wildman–Crippen MR) is 187 cm³/mol. The first-order chi connectivity index (χ1) is 23.0. The van der Waals surface area contributed by atoms with Crippen molar-refractivity contribution in [1.29, 1.82) is 0 Å². The molecule has 1 aromatic carbocycles. The number of aliphatic hydroxyl groups is 1. The maximum absolute atomic E-state index is 14.6. The molecular weight excluding hydrogens is 644 g/mol. The van der Waals surface area contributed by atoms with E-state index in [0.29, 0.717) is 44.2 Å². The van der Waals surface area contributed by atoms with Crippen molar-refractivity contribution in [2.45, 2.75) is 91.5 Å². The molecule has 12 nitrogen and oxygen atoms in total. The summed E-state index contributed by atoms with van der Waals surface area (Å²) in [7, 11) is 0. The molecule has 0 bridgehead atoms. The summed E-state index contributed by atoms with van der Waals surface area (Å²) < 4.78 is 11.3. The zero-order valence-electron chi connectivity index (χ0n) is 29.9. The van der Waals surface area contributed by atoms with Gasteiger partial charge in [0.15, 0.2) is 0 Å². The summed E-state index contributed by atoms with van der Waals surface area (Å²) in [6.45, 7) is 18.1. The van der Waals surface area contributed by atoms with E-state index in [-0.39, 0.29) is 36.9 Å². The van der Waals surface area contributed by atoms with Crippen molar-refractivity contribution >= 4 is 29.2 Å². The van der Waals surface area contributed by atoms with Crippen LogP contribution < -0.4 is 5.32 Å². The standard InChI is InChI=1S/C36H50N6O6S/c1-22-17-29(48-39-22)30(36(7,8)20-40-13-15-41(16-14-40)34(46)47-35(4,5)6)33(45)42-19-27(43)18-28(42)32(44)38-23(2)25-9-11-26(12-10-25)31-24(3)37-21-49-31/h9-12,17,21,23,27-28,30,43H,13-16,18-20H2,1-8H3,(H,38,44)/t23-,27+,28-,30?/m0/s1. The molecule has 4 atom stereocenters. The van der Waals surface area contributed by atoms with Crippen molar-refractivity contribution in [3.05, 3.63) is 58.6 Å². The van der Waals surface area contributed by atoms with E-state index < -0.39 is 29.1 Å². The Hall–Kier alpha value is -3.81. The number of carbonyl (C=O) groups is 3. The molecule has 0 aliphatic carbocycles. The van der Waals surface area contributed by atoms with Crippen molar-refractivity contribution in [3.8, 4) is 10.4 Å². The molecule has 4 heterocycles. The number of carbonyl (C=O) groups excluding carboxylic acids is 3. The zero-order valence-corrected chi connectivity index (χ0v) is 30.7. The highest BCUT2D eigenvalue weighted by Gasteiger charge is 2.48. The number of aryl methyl sites for hydroxylation is 2. The van der Waals surface area contributed by atoms with Gasteiger partial charge >= 0.3 is 6.09 Å². The molecule has 2 fully saturated rings. The third-order valence-electron chi connectivity index (χ3n) is 9.26. The number of hydrogen-bond acceptors (Lipinski definition) is 10. The number of hydrogen-bond donors (Lipinski definition) is 2. The first-order valence-corrected chi connectivity index (χ1v) is 17.8. The van der Waals surface area contributed by atoms with Gasteiger partial charge in [0, 0.05) is 51.8 Å². The van der Waals surface area contributed by atoms with Gasteiger partial charge in [0.25, 0.3) is 0 Å². The monoisotopic (exact) mass is 694 g/mol. The van der Waals surface area contributed by atoms with Gasteiger partial charge in [0.1, 0.15) is 23.3 Å². The lowest BCUT2D eigenvalue weighted by atomic mass is 9.75. The minimum Gasteiger partial charge on any atom is -0.444 e. The maximum atomic E-state index is 14.6. The summed E-state index contributed by atoms with van der Waals surface area (Å²) in [6, 6.07) is 8.64. The summed E-state index contributed by atoms with van der Waals surface area (Å²) in [5.74, 6) is -0.950. The zero-order chi connectivity index (χ0) is 35.7. The van der Waals surface area contributed by atoms with Gasteiger partial charge in [-0.2, -0.15) is 0 Å². The minimum atomic E-state index is -0.844. The molecule has 2 N–H and O–H groups in total. The van der Waals surface area contributed by atoms with E-state index >= 15 is 0 Å². The Morgan fingerprint density at radius 2 is 1.76 bits per heavy atom. The molecule has 49 heavy (non-hydrogen) atoms. The fourth-order valence-corrected chi connectivity index (χ4v) is 7.62. The number of nitrogens with one attached hydrogen (secondary N) is 1. The van der Waals surface area contributed by atoms with Crippen LogP contribution in [0.1, 0.15) is 82.6 Å². The molecule has 0 saturated carbocycles. The molecule has 2 aliphatic rings. The van der Waals surface area contributed by atoms with Crippen molar-refractivity contribution in [3.63, 3.8) is 0 Å². The van der Waals surface area contributed by atoms with E-state index in [9.17, 15) is 19.5 Å². The summed E-state index contributed by atoms with van der Waals surface area (Å²) in [4.78, 5) is 51.9. The highest BCUT2D eigenvalue weighted by molar-refractivity contribution is 7.13. The molecular formula is C36H50N6O6S. The molecule has 2 aliphatic heterocycles. The number of thiazole rings is 1. The molecule has 3 amide bonds. The van der Waals surface area contributed by atoms with Gasteiger partial charge in [0.2, 0.25) is 11.8 Å². The summed E-state index contributed by atoms with van der Waals surface area (Å²) in [5, 5.41) is 17.9. The molecule has 266 valence electrons. The van der Waals surface area contributed by atoms with Gasteiger partial charge in [-0.15, -0.1) is 11.3 Å². The van der Waals surface area contributed by atoms with Crippen LogP contribution in [0.5, 0.6) is 0 Å². The molecule has 1 unspecified atom stereocenters. The molecule has 13 heteroatoms. The first-order valence-electron chi connectivity index (χ1n) is 16.9. The average Bonchev–Trinajstić information content (AvgIpc) is 3.76. The Kier molecular flexibility index (Phi) is 10.9. The van der Waals surface area contributed by atoms with Crippen LogP contribution in [0.25, 0.3) is 10.4 Å². The molecule has 5 rings (SSSR count). The van der Waals surface area contributed by atoms with Crippen LogP contribution in [0.2, 0.25) is 0 Å². The van der Waals surface area contributed by atoms with Crippen molar-refractivity contribution in [2.75, 3.05) is 39.3 Å². The van der Waals surface area contributed by atoms with Crippen LogP contribution in [0, 0.1) is 19.3 Å². The van der Waals surface area contributed by atoms with Crippen LogP contribution in [0.15, 0.2) is 40.4 Å². The third-order valence-corrected chi connectivity index (χ3v) is 10.2. The van der Waals surface area contributed by atoms with Crippen molar-refractivity contribution in [1.82, 2.24) is 30.2 Å². The number of ether oxygens (including phenoxy) is 1. The van der Waals surface area contributed by atoms with Gasteiger partial charge in [-0.1, -0.05) is 43.3 Å². The number of amides is 3. The largest absolute Gasteiger partial charge is 0.444 e. The fraction of sp³-hybridized carbons (Fsp3) is 0.583. The molecule has 0 spiro atoms. The van der Waals surface area contributed by atoms with Gasteiger partial charge in [-0.25, -0.2) is 9.78 Å². The first kappa shape index (κ1) is 36.5. The Labute approximate surface area is 292 Å². The van der Waals surface area contributed by atoms with Gasteiger partial charge in [0.05, 0.1) is 33.9 Å². The number of β-amino-alcohol motifs (C(OH)–C–C–N with tert-alkyl or cyclic N) is 1. The van der Waals surface area contributed by atoms with Gasteiger partial charge in [-0.3, -0.25) is 14.5 Å². The number of aliphatic hydroxyl groups excluding tert-OH is 1. The van der Waals surface area contributed by atoms with Crippen molar-refractivity contribution < 1.29 is 28.8 Å². The van der Waals surface area contributed by atoms with Crippen LogP contribution >= 0.6 is 11.3 Å². The number of benzene rings is 1. The highest BCUT2D eigenvalue weighted by atomic mass is 32.1. The highest BCUT2D eigenvalue weighted by Crippen LogP contribution is 2.40. The van der Waals surface area contributed by atoms with Gasteiger partial charge in [-0.05, 0) is 58.1 Å². The van der Waals surface area contributed by atoms with E-state index in [1.54, 1.807) is 29.2 Å². The van der Waals surface area contributed by atoms with Gasteiger partial charge < -0.3 is 29.5 Å². The Bertz CT molecular complexity index is 1620. The van der Waals surface area contributed by atoms with E-state index in [4.69, 9.17) is 9.26 Å². The Morgan fingerprint density at radius 3 is 2.33 bits per heavy atom. The normalized spacial score (nSPS) is 20.3. The smallest absolute Gasteiger partial charge is 0.410 e. The SMILES string of the molecule is Cc1cc(C(C(=O)N2C[C@H](O)C[C@H]2C(=O)N[C@@H](C)c2ccc(-c3scnc3C)cc2)C(C)(C)CN2CCN(C(=O)OC(C)(C)C)CC2)on1. The van der Waals surface area contributed by atoms with Crippen LogP contribution in [-0.4, -0.2) is 105 Å². The summed E-state index contributed by atoms with van der Waals surface area (Å²) >= 11 is 1.59. The molecule has 2 aromatic heterocycles. The average molecular weight is 695 g/mol. The number of likely N-dealkylation sites (tertiary alicyclic amines) is 1. The van der Waals surface area contributed by atoms with Crippen LogP contribution in [0.3, 0.4) is 0 Å². The lowest BCUT2D eigenvalue weighted by Crippen LogP contribution is -2.54. The predicted octanol–water partition coefficient (Wildman–Crippen LogP) is 4.92. The number of nitrogens with zero attached hydrogens (tertiary/aromatic N) is 5. The maximum Gasteiger partial charge on any atom is 0.410 e. The quantitative estimate of drug-likeness (QED) is 0.320. The summed E-state index contributed by atoms with van der Waals surface area (Å²) in [5.41, 5.74) is 4.23. The second-order valence-electron chi connectivity index (χ2n) is 15.1. The number of piperazine rings is 1. The lowest BCUT2D eigenvalue weighted by Gasteiger charge is -2.42. The number of aromatic nitrogens is 2. The number of rotatable bonds is 9. The van der Waals surface area contributed by atoms with E-state index in [2.05, 4.69) is 20.4 Å². The minimum absolute atomic E-state index is 0.0441. The van der Waals surface area contributed by atoms with E-state index in [0.717, 1.165) is 21.7 Å². The van der Waals surface area contributed by atoms with Crippen molar-refractivity contribution in [2.24, 2.45) is 5.41 Å². The molecule has 3 aromatic rings. The second kappa shape index (κ2) is 14.6. The lowest BCUT2D eigenvalue weighted by molar-refractivity contribution is -0.143. The third kappa shape index (κ3) is 8.68. The topological polar surface area (TPSA) is 141 Å². The van der Waals surface area contributed by atoms with E-state index in [1.807, 2.05) is 78.2 Å². The Morgan fingerprint density at radius 1 is 1.08 bits per heavy atom. The van der Waals surface area contributed by atoms with Crippen LogP contribution in [-0.2, 0) is 14.3 Å².